The predicted molar refractivity (Wildman–Crippen MR) is 114 cm³/mol. The quantitative estimate of drug-likeness (QED) is 0.384. The molecule has 0 unspecified atom stereocenters. The van der Waals surface area contributed by atoms with Crippen LogP contribution < -0.4 is 0 Å². The average Bonchev–Trinajstić information content (AvgIpc) is 3.20. The third-order valence-corrected chi connectivity index (χ3v) is 5.01. The summed E-state index contributed by atoms with van der Waals surface area (Å²) in [4.78, 5) is 0. The van der Waals surface area contributed by atoms with Crippen molar-refractivity contribution in [2.75, 3.05) is 0 Å². The van der Waals surface area contributed by atoms with Gasteiger partial charge in [-0.3, -0.25) is 0 Å². The lowest BCUT2D eigenvalue weighted by atomic mass is 10.2. The first-order chi connectivity index (χ1) is 13.6. The summed E-state index contributed by atoms with van der Waals surface area (Å²) in [6.07, 6.45) is 1.75. The Labute approximate surface area is 172 Å². The number of aryl methyl sites for hydroxylation is 1. The van der Waals surface area contributed by atoms with Crippen LogP contribution in [0.3, 0.4) is 0 Å². The first-order valence-electron chi connectivity index (χ1n) is 8.64. The molecule has 4 aromatic rings. The molecule has 0 bridgehead atoms. The van der Waals surface area contributed by atoms with E-state index in [1.165, 1.54) is 0 Å². The van der Waals surface area contributed by atoms with Crippen LogP contribution in [-0.2, 0) is 0 Å². The number of hydrogen-bond donors (Lipinski definition) is 1. The maximum atomic E-state index is 6.31. The van der Waals surface area contributed by atoms with Crippen LogP contribution in [0, 0.1) is 18.6 Å². The molecule has 0 saturated carbocycles. The molecule has 140 valence electrons. The first kappa shape index (κ1) is 18.3. The van der Waals surface area contributed by atoms with Gasteiger partial charge in [0.15, 0.2) is 5.82 Å². The lowest BCUT2D eigenvalue weighted by molar-refractivity contribution is 0.833. The summed E-state index contributed by atoms with van der Waals surface area (Å²) in [5, 5.41) is 16.9. The topological polar surface area (TPSA) is 63.8 Å². The van der Waals surface area contributed by atoms with Gasteiger partial charge in [0.05, 0.1) is 28.3 Å². The van der Waals surface area contributed by atoms with E-state index < -0.39 is 0 Å². The molecule has 0 atom stereocenters. The van der Waals surface area contributed by atoms with Crippen LogP contribution in [0.25, 0.3) is 17.1 Å². The van der Waals surface area contributed by atoms with E-state index in [1.807, 2.05) is 67.1 Å². The monoisotopic (exact) mass is 408 g/mol. The van der Waals surface area contributed by atoms with E-state index in [4.69, 9.17) is 23.8 Å². The number of hydrogen-bond acceptors (Lipinski definition) is 4. The molecule has 2 heterocycles. The van der Waals surface area contributed by atoms with E-state index >= 15 is 0 Å². The SMILES string of the molecule is Cc1nn(-c2ccccc2)c(C)c1C=Nn1c(-c2ccccc2Cl)n[nH]c1=S. The minimum atomic E-state index is 0.386. The van der Waals surface area contributed by atoms with Gasteiger partial charge in [-0.05, 0) is 50.3 Å². The van der Waals surface area contributed by atoms with Gasteiger partial charge >= 0.3 is 0 Å². The summed E-state index contributed by atoms with van der Waals surface area (Å²) in [5.74, 6) is 0.553. The average molecular weight is 409 g/mol. The van der Waals surface area contributed by atoms with Gasteiger partial charge in [0.25, 0.3) is 0 Å². The Kier molecular flexibility index (Phi) is 4.93. The summed E-state index contributed by atoms with van der Waals surface area (Å²) in [7, 11) is 0. The van der Waals surface area contributed by atoms with Crippen molar-refractivity contribution in [1.29, 1.82) is 0 Å². The second-order valence-corrected chi connectivity index (χ2v) is 7.01. The number of halogens is 1. The normalized spacial score (nSPS) is 11.4. The van der Waals surface area contributed by atoms with Crippen LogP contribution in [0.4, 0.5) is 0 Å². The Morgan fingerprint density at radius 3 is 2.54 bits per heavy atom. The molecule has 0 amide bonds. The molecule has 1 N–H and O–H groups in total. The summed E-state index contributed by atoms with van der Waals surface area (Å²) in [6.45, 7) is 3.97. The van der Waals surface area contributed by atoms with E-state index in [0.29, 0.717) is 15.6 Å². The second kappa shape index (κ2) is 7.53. The van der Waals surface area contributed by atoms with Crippen molar-refractivity contribution in [2.45, 2.75) is 13.8 Å². The van der Waals surface area contributed by atoms with Crippen LogP contribution in [-0.4, -0.2) is 30.9 Å². The largest absolute Gasteiger partial charge is 0.250 e. The minimum Gasteiger partial charge on any atom is -0.250 e. The van der Waals surface area contributed by atoms with Gasteiger partial charge in [-0.25, -0.2) is 9.78 Å². The molecular weight excluding hydrogens is 392 g/mol. The highest BCUT2D eigenvalue weighted by Crippen LogP contribution is 2.26. The van der Waals surface area contributed by atoms with Gasteiger partial charge in [-0.1, -0.05) is 41.9 Å². The highest BCUT2D eigenvalue weighted by atomic mass is 35.5. The van der Waals surface area contributed by atoms with E-state index in [1.54, 1.807) is 17.0 Å². The standard InChI is InChI=1S/C20H17ClN6S/c1-13-17(14(2)26(25-13)15-8-4-3-5-9-15)12-22-27-19(23-24-20(27)28)16-10-6-7-11-18(16)21/h3-12H,1-2H3,(H,24,28). The van der Waals surface area contributed by atoms with Crippen molar-refractivity contribution < 1.29 is 0 Å². The van der Waals surface area contributed by atoms with Gasteiger partial charge in [-0.2, -0.15) is 20.0 Å². The zero-order valence-electron chi connectivity index (χ0n) is 15.3. The van der Waals surface area contributed by atoms with Crippen molar-refractivity contribution in [3.05, 3.63) is 81.3 Å². The number of para-hydroxylation sites is 1. The van der Waals surface area contributed by atoms with Crippen LogP contribution in [0.5, 0.6) is 0 Å². The van der Waals surface area contributed by atoms with Crippen molar-refractivity contribution in [2.24, 2.45) is 5.10 Å². The predicted octanol–water partition coefficient (Wildman–Crippen LogP) is 4.95. The Morgan fingerprint density at radius 1 is 1.07 bits per heavy atom. The van der Waals surface area contributed by atoms with E-state index in [2.05, 4.69) is 20.4 Å². The van der Waals surface area contributed by atoms with Gasteiger partial charge < -0.3 is 0 Å². The fourth-order valence-corrected chi connectivity index (χ4v) is 3.39. The number of rotatable bonds is 4. The van der Waals surface area contributed by atoms with Gasteiger partial charge in [-0.15, -0.1) is 0 Å². The number of aromatic nitrogens is 5. The Balaban J connectivity index is 1.76. The lowest BCUT2D eigenvalue weighted by Gasteiger charge is -2.04. The van der Waals surface area contributed by atoms with Gasteiger partial charge in [0, 0.05) is 11.1 Å². The fourth-order valence-electron chi connectivity index (χ4n) is 2.99. The number of aromatic amines is 1. The third-order valence-electron chi connectivity index (χ3n) is 4.42. The smallest absolute Gasteiger partial charge is 0.216 e. The van der Waals surface area contributed by atoms with Gasteiger partial charge in [0.2, 0.25) is 4.77 Å². The zero-order chi connectivity index (χ0) is 19.7. The summed E-state index contributed by atoms with van der Waals surface area (Å²) in [5.41, 5.74) is 4.54. The van der Waals surface area contributed by atoms with Crippen molar-refractivity contribution in [1.82, 2.24) is 24.7 Å². The molecule has 0 aliphatic heterocycles. The molecule has 0 aliphatic rings. The highest BCUT2D eigenvalue weighted by molar-refractivity contribution is 7.71. The molecule has 8 heteroatoms. The number of nitrogens with zero attached hydrogens (tertiary/aromatic N) is 5. The first-order valence-corrected chi connectivity index (χ1v) is 9.43. The van der Waals surface area contributed by atoms with Crippen molar-refractivity contribution in [3.63, 3.8) is 0 Å². The van der Waals surface area contributed by atoms with Crippen LogP contribution in [0.1, 0.15) is 17.0 Å². The molecule has 0 saturated heterocycles. The van der Waals surface area contributed by atoms with E-state index in [9.17, 15) is 0 Å². The Bertz CT molecular complexity index is 1220. The molecule has 2 aromatic carbocycles. The molecule has 4 rings (SSSR count). The summed E-state index contributed by atoms with van der Waals surface area (Å²) < 4.78 is 3.85. The number of H-pyrrole nitrogens is 1. The molecule has 0 spiro atoms. The molecule has 2 aromatic heterocycles. The lowest BCUT2D eigenvalue weighted by Crippen LogP contribution is -1.99. The second-order valence-electron chi connectivity index (χ2n) is 6.22. The van der Waals surface area contributed by atoms with Crippen molar-refractivity contribution in [3.8, 4) is 17.1 Å². The molecule has 0 aliphatic carbocycles. The minimum absolute atomic E-state index is 0.386. The van der Waals surface area contributed by atoms with E-state index in [-0.39, 0.29) is 0 Å². The summed E-state index contributed by atoms with van der Waals surface area (Å²) >= 11 is 11.7. The fraction of sp³-hybridized carbons (Fsp3) is 0.100. The number of benzene rings is 2. The number of nitrogens with one attached hydrogen (secondary N) is 1. The van der Waals surface area contributed by atoms with Gasteiger partial charge in [0.1, 0.15) is 0 Å². The van der Waals surface area contributed by atoms with E-state index in [0.717, 1.165) is 28.2 Å². The Hall–Kier alpha value is -3.03. The highest BCUT2D eigenvalue weighted by Gasteiger charge is 2.13. The summed E-state index contributed by atoms with van der Waals surface area (Å²) in [6, 6.07) is 17.4. The molecular formula is C20H17ClN6S. The molecule has 28 heavy (non-hydrogen) atoms. The molecule has 0 fully saturated rings. The van der Waals surface area contributed by atoms with Crippen LogP contribution in [0.2, 0.25) is 5.02 Å². The molecule has 0 radical (unpaired) electrons. The third kappa shape index (κ3) is 3.30. The maximum Gasteiger partial charge on any atom is 0.216 e. The van der Waals surface area contributed by atoms with Crippen LogP contribution >= 0.6 is 23.8 Å². The van der Waals surface area contributed by atoms with Crippen molar-refractivity contribution >= 4 is 30.0 Å². The molecule has 6 nitrogen and oxygen atoms in total. The zero-order valence-corrected chi connectivity index (χ0v) is 16.9. The maximum absolute atomic E-state index is 6.31. The Morgan fingerprint density at radius 2 is 1.79 bits per heavy atom. The van der Waals surface area contributed by atoms with Crippen LogP contribution in [0.15, 0.2) is 59.7 Å².